The molecule has 1 unspecified atom stereocenters. The van der Waals surface area contributed by atoms with Gasteiger partial charge in [-0.15, -0.1) is 0 Å². The van der Waals surface area contributed by atoms with Crippen molar-refractivity contribution < 1.29 is 9.53 Å². The standard InChI is InChI=1S/C15H25N3O2/c1-5-18(15(2,3)4)11-12(9-16)14(19)17-10-13-7-6-8-20-13/h11,13H,5-8,10H2,1-4H3,(H,17,19)/b12-11-. The van der Waals surface area contributed by atoms with Crippen LogP contribution in [-0.4, -0.2) is 42.1 Å². The highest BCUT2D eigenvalue weighted by atomic mass is 16.5. The number of carbonyl (C=O) groups is 1. The number of amides is 1. The molecular weight excluding hydrogens is 254 g/mol. The highest BCUT2D eigenvalue weighted by Gasteiger charge is 2.21. The first kappa shape index (κ1) is 16.5. The van der Waals surface area contributed by atoms with Crippen LogP contribution in [0.4, 0.5) is 0 Å². The molecule has 1 fully saturated rings. The third-order valence-electron chi connectivity index (χ3n) is 3.37. The molecule has 1 N–H and O–H groups in total. The van der Waals surface area contributed by atoms with E-state index in [1.54, 1.807) is 6.20 Å². The van der Waals surface area contributed by atoms with Gasteiger partial charge in [0.15, 0.2) is 0 Å². The van der Waals surface area contributed by atoms with Crippen LogP contribution < -0.4 is 5.32 Å². The average Bonchev–Trinajstić information content (AvgIpc) is 2.89. The molecule has 1 saturated heterocycles. The van der Waals surface area contributed by atoms with Crippen LogP contribution in [0.1, 0.15) is 40.5 Å². The fraction of sp³-hybridized carbons (Fsp3) is 0.733. The zero-order valence-corrected chi connectivity index (χ0v) is 12.9. The van der Waals surface area contributed by atoms with Gasteiger partial charge in [0.1, 0.15) is 11.6 Å². The zero-order valence-electron chi connectivity index (χ0n) is 12.9. The zero-order chi connectivity index (χ0) is 15.2. The lowest BCUT2D eigenvalue weighted by molar-refractivity contribution is -0.117. The largest absolute Gasteiger partial charge is 0.376 e. The molecule has 0 aromatic rings. The van der Waals surface area contributed by atoms with Crippen molar-refractivity contribution in [1.82, 2.24) is 10.2 Å². The summed E-state index contributed by atoms with van der Waals surface area (Å²) in [5, 5.41) is 11.9. The molecular formula is C15H25N3O2. The van der Waals surface area contributed by atoms with Crippen LogP contribution in [0.2, 0.25) is 0 Å². The Hall–Kier alpha value is -1.54. The number of nitrogens with zero attached hydrogens (tertiary/aromatic N) is 2. The second-order valence-corrected chi connectivity index (χ2v) is 5.96. The number of carbonyl (C=O) groups excluding carboxylic acids is 1. The second-order valence-electron chi connectivity index (χ2n) is 5.96. The minimum Gasteiger partial charge on any atom is -0.376 e. The first-order valence-corrected chi connectivity index (χ1v) is 7.17. The van der Waals surface area contributed by atoms with E-state index in [1.807, 2.05) is 38.7 Å². The molecule has 1 amide bonds. The van der Waals surface area contributed by atoms with E-state index in [4.69, 9.17) is 10.00 Å². The van der Waals surface area contributed by atoms with Gasteiger partial charge in [-0.05, 0) is 40.5 Å². The van der Waals surface area contributed by atoms with E-state index in [-0.39, 0.29) is 23.1 Å². The van der Waals surface area contributed by atoms with Gasteiger partial charge in [0.25, 0.3) is 5.91 Å². The summed E-state index contributed by atoms with van der Waals surface area (Å²) in [7, 11) is 0. The average molecular weight is 279 g/mol. The van der Waals surface area contributed by atoms with Gasteiger partial charge in [-0.25, -0.2) is 0 Å². The minimum absolute atomic E-state index is 0.0868. The highest BCUT2D eigenvalue weighted by Crippen LogP contribution is 2.15. The summed E-state index contributed by atoms with van der Waals surface area (Å²) in [4.78, 5) is 14.0. The van der Waals surface area contributed by atoms with Crippen LogP contribution >= 0.6 is 0 Å². The molecule has 1 rings (SSSR count). The third kappa shape index (κ3) is 4.86. The van der Waals surface area contributed by atoms with Crippen molar-refractivity contribution in [1.29, 1.82) is 5.26 Å². The van der Waals surface area contributed by atoms with E-state index in [1.165, 1.54) is 0 Å². The van der Waals surface area contributed by atoms with Crippen molar-refractivity contribution in [3.8, 4) is 6.07 Å². The molecule has 112 valence electrons. The third-order valence-corrected chi connectivity index (χ3v) is 3.37. The Morgan fingerprint density at radius 1 is 1.55 bits per heavy atom. The van der Waals surface area contributed by atoms with Gasteiger partial charge < -0.3 is 15.0 Å². The minimum atomic E-state index is -0.328. The number of hydrogen-bond acceptors (Lipinski definition) is 4. The summed E-state index contributed by atoms with van der Waals surface area (Å²) in [5.74, 6) is -0.328. The van der Waals surface area contributed by atoms with E-state index in [9.17, 15) is 4.79 Å². The Morgan fingerprint density at radius 2 is 2.25 bits per heavy atom. The van der Waals surface area contributed by atoms with Crippen LogP contribution in [0.3, 0.4) is 0 Å². The summed E-state index contributed by atoms with van der Waals surface area (Å²) < 4.78 is 5.45. The highest BCUT2D eigenvalue weighted by molar-refractivity contribution is 5.97. The van der Waals surface area contributed by atoms with E-state index in [0.29, 0.717) is 6.54 Å². The molecule has 1 heterocycles. The van der Waals surface area contributed by atoms with Gasteiger partial charge in [-0.3, -0.25) is 4.79 Å². The fourth-order valence-corrected chi connectivity index (χ4v) is 2.16. The van der Waals surface area contributed by atoms with Crippen LogP contribution in [0.25, 0.3) is 0 Å². The normalized spacial score (nSPS) is 19.6. The smallest absolute Gasteiger partial charge is 0.263 e. The van der Waals surface area contributed by atoms with Crippen LogP contribution in [0, 0.1) is 11.3 Å². The predicted octanol–water partition coefficient (Wildman–Crippen LogP) is 1.81. The van der Waals surface area contributed by atoms with Gasteiger partial charge in [-0.1, -0.05) is 0 Å². The van der Waals surface area contributed by atoms with Crippen molar-refractivity contribution >= 4 is 5.91 Å². The second kappa shape index (κ2) is 7.30. The van der Waals surface area contributed by atoms with Crippen LogP contribution in [0.5, 0.6) is 0 Å². The SMILES string of the molecule is CCN(/C=C(/C#N)C(=O)NCC1CCCO1)C(C)(C)C. The van der Waals surface area contributed by atoms with Crippen molar-refractivity contribution in [2.45, 2.75) is 52.2 Å². The van der Waals surface area contributed by atoms with Crippen LogP contribution in [-0.2, 0) is 9.53 Å². The monoisotopic (exact) mass is 279 g/mol. The summed E-state index contributed by atoms with van der Waals surface area (Å²) in [6, 6.07) is 1.98. The van der Waals surface area contributed by atoms with Gasteiger partial charge in [0.05, 0.1) is 6.10 Å². The number of nitrogens with one attached hydrogen (secondary N) is 1. The number of nitriles is 1. The van der Waals surface area contributed by atoms with E-state index < -0.39 is 0 Å². The topological polar surface area (TPSA) is 65.4 Å². The maximum Gasteiger partial charge on any atom is 0.263 e. The summed E-state index contributed by atoms with van der Waals surface area (Å²) in [6.07, 6.45) is 3.73. The van der Waals surface area contributed by atoms with E-state index >= 15 is 0 Å². The van der Waals surface area contributed by atoms with Gasteiger partial charge in [0, 0.05) is 31.4 Å². The number of ether oxygens (including phenoxy) is 1. The van der Waals surface area contributed by atoms with Crippen molar-refractivity contribution in [2.24, 2.45) is 0 Å². The van der Waals surface area contributed by atoms with Gasteiger partial charge >= 0.3 is 0 Å². The molecule has 20 heavy (non-hydrogen) atoms. The maximum atomic E-state index is 12.0. The van der Waals surface area contributed by atoms with Crippen molar-refractivity contribution in [3.63, 3.8) is 0 Å². The molecule has 0 aromatic carbocycles. The molecule has 1 atom stereocenters. The van der Waals surface area contributed by atoms with Crippen molar-refractivity contribution in [2.75, 3.05) is 19.7 Å². The summed E-state index contributed by atoms with van der Waals surface area (Å²) in [5.41, 5.74) is 0.0193. The Labute approximate surface area is 121 Å². The van der Waals surface area contributed by atoms with E-state index in [2.05, 4.69) is 5.32 Å². The number of hydrogen-bond donors (Lipinski definition) is 1. The molecule has 1 aliphatic rings. The molecule has 5 nitrogen and oxygen atoms in total. The quantitative estimate of drug-likeness (QED) is 0.616. The molecule has 0 saturated carbocycles. The lowest BCUT2D eigenvalue weighted by Crippen LogP contribution is -2.39. The lowest BCUT2D eigenvalue weighted by Gasteiger charge is -2.33. The Balaban J connectivity index is 2.63. The molecule has 0 radical (unpaired) electrons. The molecule has 0 bridgehead atoms. The Kier molecular flexibility index (Phi) is 6.03. The van der Waals surface area contributed by atoms with Gasteiger partial charge in [-0.2, -0.15) is 5.26 Å². The molecule has 0 aromatic heterocycles. The van der Waals surface area contributed by atoms with Crippen LogP contribution in [0.15, 0.2) is 11.8 Å². The molecule has 1 aliphatic heterocycles. The Morgan fingerprint density at radius 3 is 2.70 bits per heavy atom. The van der Waals surface area contributed by atoms with Gasteiger partial charge in [0.2, 0.25) is 0 Å². The van der Waals surface area contributed by atoms with Crippen molar-refractivity contribution in [3.05, 3.63) is 11.8 Å². The Bertz CT molecular complexity index is 398. The first-order valence-electron chi connectivity index (χ1n) is 7.17. The fourth-order valence-electron chi connectivity index (χ4n) is 2.16. The predicted molar refractivity (Wildman–Crippen MR) is 77.8 cm³/mol. The first-order chi connectivity index (χ1) is 9.38. The summed E-state index contributed by atoms with van der Waals surface area (Å²) >= 11 is 0. The lowest BCUT2D eigenvalue weighted by atomic mass is 10.1. The van der Waals surface area contributed by atoms with E-state index in [0.717, 1.165) is 26.0 Å². The molecule has 0 aliphatic carbocycles. The summed E-state index contributed by atoms with van der Waals surface area (Å²) in [6.45, 7) is 10.1. The molecule has 0 spiro atoms. The molecule has 5 heteroatoms. The maximum absolute atomic E-state index is 12.0. The number of rotatable bonds is 5.